The molecule has 80 heavy (non-hydrogen) atoms. The number of nitrogens with zero attached hydrogens (tertiary/aromatic N) is 13. The summed E-state index contributed by atoms with van der Waals surface area (Å²) in [6, 6.07) is 76.8. The zero-order valence-corrected chi connectivity index (χ0v) is 43.2. The van der Waals surface area contributed by atoms with Gasteiger partial charge in [-0.3, -0.25) is 18.3 Å². The molecule has 8 aromatic heterocycles. The number of rotatable bonds is 9. The Hall–Kier alpha value is -10.8. The molecule has 0 N–H and O–H groups in total. The van der Waals surface area contributed by atoms with Crippen LogP contribution in [0.15, 0.2) is 259 Å². The summed E-state index contributed by atoms with van der Waals surface area (Å²) >= 11 is 1.71. The summed E-state index contributed by atoms with van der Waals surface area (Å²) in [6.07, 6.45) is 7.30. The number of hydrogen-bond acceptors (Lipinski definition) is 10. The first-order valence-corrected chi connectivity index (χ1v) is 27.0. The van der Waals surface area contributed by atoms with Crippen LogP contribution in [-0.2, 0) is 0 Å². The maximum Gasteiger partial charge on any atom is 0.164 e. The molecular formula is C66H41N13S. The van der Waals surface area contributed by atoms with Gasteiger partial charge in [-0.25, -0.2) is 39.9 Å². The van der Waals surface area contributed by atoms with Crippen molar-refractivity contribution in [1.29, 1.82) is 0 Å². The Morgan fingerprint density at radius 3 is 1.05 bits per heavy atom. The zero-order chi connectivity index (χ0) is 52.7. The van der Waals surface area contributed by atoms with Gasteiger partial charge in [0.15, 0.2) is 22.6 Å². The van der Waals surface area contributed by atoms with E-state index in [0.29, 0.717) is 11.6 Å². The molecule has 376 valence electrons. The molecule has 1 aliphatic rings. The summed E-state index contributed by atoms with van der Waals surface area (Å²) < 4.78 is 8.64. The lowest BCUT2D eigenvalue weighted by atomic mass is 10.0. The van der Waals surface area contributed by atoms with E-state index in [1.807, 2.05) is 134 Å². The Morgan fingerprint density at radius 1 is 0.287 bits per heavy atom. The van der Waals surface area contributed by atoms with Gasteiger partial charge in [-0.05, 0) is 133 Å². The highest BCUT2D eigenvalue weighted by atomic mass is 32.2. The number of pyridine rings is 4. The minimum Gasteiger partial charge on any atom is -0.308 e. The van der Waals surface area contributed by atoms with E-state index in [-0.39, 0.29) is 0 Å². The third-order valence-electron chi connectivity index (χ3n) is 14.6. The molecule has 9 heterocycles. The van der Waals surface area contributed by atoms with Crippen LogP contribution in [-0.4, -0.2) is 58.1 Å². The molecule has 0 aliphatic carbocycles. The highest BCUT2D eigenvalue weighted by Gasteiger charge is 2.35. The van der Waals surface area contributed by atoms with E-state index in [1.165, 1.54) is 0 Å². The van der Waals surface area contributed by atoms with Crippen LogP contribution in [0.4, 0.5) is 17.1 Å². The molecule has 0 radical (unpaired) electrons. The molecule has 0 fully saturated rings. The van der Waals surface area contributed by atoms with E-state index in [1.54, 1.807) is 11.8 Å². The molecule has 7 aromatic carbocycles. The fourth-order valence-electron chi connectivity index (χ4n) is 11.1. The number of anilines is 3. The predicted molar refractivity (Wildman–Crippen MR) is 317 cm³/mol. The molecule has 16 rings (SSSR count). The summed E-state index contributed by atoms with van der Waals surface area (Å²) in [7, 11) is 0. The second-order valence-corrected chi connectivity index (χ2v) is 20.4. The van der Waals surface area contributed by atoms with Crippen molar-refractivity contribution in [3.63, 3.8) is 0 Å². The smallest absolute Gasteiger partial charge is 0.164 e. The Bertz CT molecular complexity index is 4860. The number of fused-ring (bicyclic) bond motifs is 6. The average molecular weight is 1050 g/mol. The number of hydrogen-bond donors (Lipinski definition) is 0. The molecule has 13 nitrogen and oxygen atoms in total. The minimum absolute atomic E-state index is 0.703. The van der Waals surface area contributed by atoms with Gasteiger partial charge in [0.1, 0.15) is 45.4 Å². The van der Waals surface area contributed by atoms with Crippen LogP contribution in [0.2, 0.25) is 0 Å². The molecule has 1 aliphatic heterocycles. The van der Waals surface area contributed by atoms with Gasteiger partial charge in [-0.1, -0.05) is 103 Å². The standard InChI is InChI=1S/C66H41N13S/c1-6-20-43(21-7-1)75-55-40-48(60-72-52-31-17-35-68-64(52)77(60)45-24-10-3-11-25-45)49(61-73-53-32-18-36-69-65(53)78(61)46-26-12-4-13-27-46)41-57(55)80-58-50(62-74-54-33-19-37-70-66(54)79(62)47-28-14-5-15-29-47)38-42(39-56(58)75)59-71-51-30-16-34-67-63(51)76(59)44-22-8-2-9-23-44/h1-41H. The largest absolute Gasteiger partial charge is 0.308 e. The Labute approximate surface area is 461 Å². The fourth-order valence-corrected chi connectivity index (χ4v) is 12.3. The van der Waals surface area contributed by atoms with Gasteiger partial charge in [0, 0.05) is 85.3 Å². The van der Waals surface area contributed by atoms with Crippen molar-refractivity contribution < 1.29 is 0 Å². The second kappa shape index (κ2) is 18.4. The maximum absolute atomic E-state index is 5.52. The van der Waals surface area contributed by atoms with Crippen molar-refractivity contribution in [2.75, 3.05) is 4.90 Å². The van der Waals surface area contributed by atoms with Crippen LogP contribution in [0.25, 0.3) is 113 Å². The van der Waals surface area contributed by atoms with Crippen molar-refractivity contribution in [2.24, 2.45) is 0 Å². The molecule has 14 heteroatoms. The normalized spacial score (nSPS) is 12.2. The molecule has 0 unspecified atom stereocenters. The van der Waals surface area contributed by atoms with E-state index in [4.69, 9.17) is 39.9 Å². The highest BCUT2D eigenvalue weighted by Crippen LogP contribution is 2.58. The minimum atomic E-state index is 0.703. The number of para-hydroxylation sites is 5. The van der Waals surface area contributed by atoms with Gasteiger partial charge < -0.3 is 4.90 Å². The second-order valence-electron chi connectivity index (χ2n) is 19.3. The van der Waals surface area contributed by atoms with Crippen molar-refractivity contribution in [3.8, 4) is 68.3 Å². The molecule has 0 saturated carbocycles. The Balaban J connectivity index is 1.04. The number of benzene rings is 7. The molecule has 0 spiro atoms. The molecule has 0 saturated heterocycles. The quantitative estimate of drug-likeness (QED) is 0.138. The third kappa shape index (κ3) is 7.27. The first kappa shape index (κ1) is 45.4. The van der Waals surface area contributed by atoms with Gasteiger partial charge in [-0.2, -0.15) is 0 Å². The van der Waals surface area contributed by atoms with E-state index >= 15 is 0 Å². The van der Waals surface area contributed by atoms with Crippen molar-refractivity contribution in [1.82, 2.24) is 58.1 Å². The van der Waals surface area contributed by atoms with Crippen LogP contribution in [0.3, 0.4) is 0 Å². The zero-order valence-electron chi connectivity index (χ0n) is 42.4. The van der Waals surface area contributed by atoms with Gasteiger partial charge in [0.2, 0.25) is 0 Å². The van der Waals surface area contributed by atoms with E-state index in [9.17, 15) is 0 Å². The summed E-state index contributed by atoms with van der Waals surface area (Å²) in [6.45, 7) is 0. The van der Waals surface area contributed by atoms with Gasteiger partial charge in [-0.15, -0.1) is 0 Å². The Morgan fingerprint density at radius 2 is 0.637 bits per heavy atom. The molecule has 15 aromatic rings. The molecule has 0 bridgehead atoms. The van der Waals surface area contributed by atoms with Crippen molar-refractivity contribution in [2.45, 2.75) is 9.79 Å². The SMILES string of the molecule is c1ccc(N2c3cc(-c4nc5cccnc5n4-c4ccccc4)c(-c4nc5cccnc5n4-c4ccccc4)cc3Sc3c(-c4nc5cccnc5n4-c4ccccc4)cc(-c4nc5cccnc5n4-c4ccccc4)cc32)cc1. The summed E-state index contributed by atoms with van der Waals surface area (Å²) in [5.74, 6) is 2.87. The van der Waals surface area contributed by atoms with E-state index in [2.05, 4.69) is 138 Å². The lowest BCUT2D eigenvalue weighted by Crippen LogP contribution is -2.17. The van der Waals surface area contributed by atoms with Crippen molar-refractivity contribution in [3.05, 3.63) is 249 Å². The van der Waals surface area contributed by atoms with E-state index < -0.39 is 0 Å². The van der Waals surface area contributed by atoms with Crippen LogP contribution < -0.4 is 4.90 Å². The highest BCUT2D eigenvalue weighted by molar-refractivity contribution is 8.00. The van der Waals surface area contributed by atoms with Crippen molar-refractivity contribution >= 4 is 73.5 Å². The lowest BCUT2D eigenvalue weighted by molar-refractivity contribution is 1.05. The molecular weight excluding hydrogens is 1010 g/mol. The fraction of sp³-hybridized carbons (Fsp3) is 0. The summed E-state index contributed by atoms with van der Waals surface area (Å²) in [5, 5.41) is 0. The third-order valence-corrected chi connectivity index (χ3v) is 15.8. The first-order valence-electron chi connectivity index (χ1n) is 26.2. The predicted octanol–water partition coefficient (Wildman–Crippen LogP) is 15.2. The molecule has 0 amide bonds. The maximum atomic E-state index is 5.52. The topological polar surface area (TPSA) is 126 Å². The molecule has 0 atom stereocenters. The Kier molecular flexibility index (Phi) is 10.5. The lowest BCUT2D eigenvalue weighted by Gasteiger charge is -2.35. The van der Waals surface area contributed by atoms with Crippen LogP contribution in [0.1, 0.15) is 0 Å². The summed E-state index contributed by atoms with van der Waals surface area (Å²) in [5.41, 5.74) is 16.0. The van der Waals surface area contributed by atoms with Gasteiger partial charge in [0.25, 0.3) is 0 Å². The monoisotopic (exact) mass is 1050 g/mol. The summed E-state index contributed by atoms with van der Waals surface area (Å²) in [4.78, 5) is 46.2. The number of aromatic nitrogens is 12. The van der Waals surface area contributed by atoms with Gasteiger partial charge in [0.05, 0.1) is 11.4 Å². The van der Waals surface area contributed by atoms with E-state index in [0.717, 1.165) is 128 Å². The van der Waals surface area contributed by atoms with Gasteiger partial charge >= 0.3 is 0 Å². The van der Waals surface area contributed by atoms with Crippen LogP contribution in [0.5, 0.6) is 0 Å². The van der Waals surface area contributed by atoms with Crippen LogP contribution in [0, 0.1) is 0 Å². The number of imidazole rings is 4. The van der Waals surface area contributed by atoms with Crippen LogP contribution >= 0.6 is 11.8 Å². The first-order chi connectivity index (χ1) is 39.7. The average Bonchev–Trinajstić information content (AvgIpc) is 4.46.